The number of likely N-dealkylation sites (N-methyl/N-ethyl adjacent to an activating group) is 1. The Balaban J connectivity index is 1.51. The molecular formula is C25H20N2O6S. The molecule has 0 N–H and O–H groups in total. The van der Waals surface area contributed by atoms with Gasteiger partial charge in [-0.3, -0.25) is 9.69 Å². The van der Waals surface area contributed by atoms with Crippen molar-refractivity contribution in [2.75, 3.05) is 21.3 Å². The summed E-state index contributed by atoms with van der Waals surface area (Å²) in [7, 11) is 4.30. The summed E-state index contributed by atoms with van der Waals surface area (Å²) >= 11 is 1.23. The molecule has 1 aromatic heterocycles. The van der Waals surface area contributed by atoms with E-state index in [9.17, 15) is 14.4 Å². The second-order valence-electron chi connectivity index (χ2n) is 7.18. The van der Waals surface area contributed by atoms with Gasteiger partial charge in [-0.1, -0.05) is 12.1 Å². The van der Waals surface area contributed by atoms with Crippen LogP contribution in [0.2, 0.25) is 0 Å². The highest BCUT2D eigenvalue weighted by atomic mass is 32.2. The quantitative estimate of drug-likeness (QED) is 0.387. The van der Waals surface area contributed by atoms with Gasteiger partial charge in [0.25, 0.3) is 5.91 Å². The van der Waals surface area contributed by atoms with Crippen molar-refractivity contribution in [2.45, 2.75) is 0 Å². The Labute approximate surface area is 199 Å². The number of esters is 2. The van der Waals surface area contributed by atoms with E-state index < -0.39 is 11.9 Å². The number of hydrogen-bond donors (Lipinski definition) is 0. The van der Waals surface area contributed by atoms with Gasteiger partial charge in [-0.25, -0.2) is 14.6 Å². The van der Waals surface area contributed by atoms with Crippen LogP contribution in [0.3, 0.4) is 0 Å². The normalized spacial score (nSPS) is 15.7. The lowest BCUT2D eigenvalue weighted by molar-refractivity contribution is -0.121. The van der Waals surface area contributed by atoms with Gasteiger partial charge in [0.15, 0.2) is 5.17 Å². The Hall–Kier alpha value is -4.11. The van der Waals surface area contributed by atoms with Crippen molar-refractivity contribution < 1.29 is 28.3 Å². The van der Waals surface area contributed by atoms with E-state index in [4.69, 9.17) is 13.9 Å². The van der Waals surface area contributed by atoms with Crippen LogP contribution >= 0.6 is 11.8 Å². The Morgan fingerprint density at radius 3 is 2.09 bits per heavy atom. The first-order valence-electron chi connectivity index (χ1n) is 10.1. The second-order valence-corrected chi connectivity index (χ2v) is 8.19. The topological polar surface area (TPSA) is 98.4 Å². The van der Waals surface area contributed by atoms with Crippen molar-refractivity contribution in [2.24, 2.45) is 4.99 Å². The summed E-state index contributed by atoms with van der Waals surface area (Å²) in [4.78, 5) is 42.3. The molecule has 0 saturated carbocycles. The third-order valence-electron chi connectivity index (χ3n) is 5.01. The molecule has 1 aliphatic heterocycles. The Kier molecular flexibility index (Phi) is 6.65. The number of benzene rings is 2. The van der Waals surface area contributed by atoms with Crippen LogP contribution in [0.5, 0.6) is 0 Å². The molecule has 0 unspecified atom stereocenters. The minimum absolute atomic E-state index is 0.199. The number of thioether (sulfide) groups is 1. The number of amides is 1. The van der Waals surface area contributed by atoms with E-state index in [-0.39, 0.29) is 5.91 Å². The van der Waals surface area contributed by atoms with Crippen molar-refractivity contribution in [1.29, 1.82) is 0 Å². The summed E-state index contributed by atoms with van der Waals surface area (Å²) in [6.07, 6.45) is 1.67. The van der Waals surface area contributed by atoms with Gasteiger partial charge in [0.2, 0.25) is 0 Å². The number of rotatable bonds is 5. The van der Waals surface area contributed by atoms with Gasteiger partial charge >= 0.3 is 11.9 Å². The SMILES string of the molecule is COC(=O)c1ccc(N=C2S/C(=C\c3ccc(-c4ccc(C(=O)OC)cc4)o3)C(=O)N2C)cc1. The number of nitrogens with zero attached hydrogens (tertiary/aromatic N) is 2. The Morgan fingerprint density at radius 1 is 0.912 bits per heavy atom. The molecule has 2 aromatic carbocycles. The average Bonchev–Trinajstić information content (AvgIpc) is 3.44. The maximum atomic E-state index is 12.7. The fraction of sp³-hybridized carbons (Fsp3) is 0.120. The number of ether oxygens (including phenoxy) is 2. The van der Waals surface area contributed by atoms with Crippen LogP contribution in [0.1, 0.15) is 26.5 Å². The average molecular weight is 477 g/mol. The fourth-order valence-electron chi connectivity index (χ4n) is 3.16. The summed E-state index contributed by atoms with van der Waals surface area (Å²) < 4.78 is 15.3. The van der Waals surface area contributed by atoms with Crippen LogP contribution < -0.4 is 0 Å². The summed E-state index contributed by atoms with van der Waals surface area (Å²) in [6.45, 7) is 0. The maximum Gasteiger partial charge on any atom is 0.337 e. The van der Waals surface area contributed by atoms with Crippen LogP contribution in [0, 0.1) is 0 Å². The van der Waals surface area contributed by atoms with E-state index in [1.807, 2.05) is 0 Å². The van der Waals surface area contributed by atoms with E-state index in [1.165, 1.54) is 30.9 Å². The standard InChI is InChI=1S/C25H20N2O6S/c1-27-22(28)21(34-25(27)26-18-10-8-17(9-11-18)24(30)32-3)14-19-12-13-20(33-19)15-4-6-16(7-5-15)23(29)31-2/h4-14H,1-3H3/b21-14-,26-25?. The number of carbonyl (C=O) groups is 3. The van der Waals surface area contributed by atoms with Crippen LogP contribution in [0.4, 0.5) is 5.69 Å². The van der Waals surface area contributed by atoms with Crippen LogP contribution in [0.25, 0.3) is 17.4 Å². The van der Waals surface area contributed by atoms with Crippen LogP contribution in [-0.4, -0.2) is 49.2 Å². The monoisotopic (exact) mass is 476 g/mol. The smallest absolute Gasteiger partial charge is 0.337 e. The number of aliphatic imine (C=N–C) groups is 1. The summed E-state index contributed by atoms with van der Waals surface area (Å²) in [5.41, 5.74) is 2.26. The molecule has 1 saturated heterocycles. The zero-order chi connectivity index (χ0) is 24.2. The first kappa shape index (κ1) is 23.1. The first-order chi connectivity index (χ1) is 16.4. The molecule has 9 heteroatoms. The van der Waals surface area contributed by atoms with Crippen molar-refractivity contribution in [3.05, 3.63) is 82.5 Å². The van der Waals surface area contributed by atoms with Crippen molar-refractivity contribution >= 4 is 46.5 Å². The van der Waals surface area contributed by atoms with Crippen LogP contribution in [-0.2, 0) is 14.3 Å². The number of hydrogen-bond acceptors (Lipinski definition) is 8. The van der Waals surface area contributed by atoms with E-state index in [2.05, 4.69) is 4.99 Å². The highest BCUT2D eigenvalue weighted by molar-refractivity contribution is 8.18. The molecule has 1 fully saturated rings. The van der Waals surface area contributed by atoms with Crippen molar-refractivity contribution in [1.82, 2.24) is 4.90 Å². The molecule has 0 atom stereocenters. The summed E-state index contributed by atoms with van der Waals surface area (Å²) in [5, 5.41) is 0.507. The second kappa shape index (κ2) is 9.80. The highest BCUT2D eigenvalue weighted by Crippen LogP contribution is 2.34. The molecule has 2 heterocycles. The fourth-order valence-corrected chi connectivity index (χ4v) is 4.12. The minimum atomic E-state index is -0.427. The number of methoxy groups -OCH3 is 2. The van der Waals surface area contributed by atoms with Gasteiger partial charge in [0, 0.05) is 18.7 Å². The van der Waals surface area contributed by atoms with E-state index >= 15 is 0 Å². The predicted octanol–water partition coefficient (Wildman–Crippen LogP) is 4.75. The van der Waals surface area contributed by atoms with E-state index in [1.54, 1.807) is 73.8 Å². The number of amidine groups is 1. The van der Waals surface area contributed by atoms with E-state index in [0.29, 0.717) is 38.4 Å². The lowest BCUT2D eigenvalue weighted by Crippen LogP contribution is -2.23. The lowest BCUT2D eigenvalue weighted by Gasteiger charge is -2.07. The maximum absolute atomic E-state index is 12.7. The molecule has 8 nitrogen and oxygen atoms in total. The van der Waals surface area contributed by atoms with Gasteiger partial charge in [-0.05, 0) is 60.3 Å². The number of carbonyl (C=O) groups excluding carboxylic acids is 3. The van der Waals surface area contributed by atoms with Gasteiger partial charge in [-0.15, -0.1) is 0 Å². The molecule has 0 bridgehead atoms. The zero-order valence-corrected chi connectivity index (χ0v) is 19.4. The Morgan fingerprint density at radius 2 is 1.50 bits per heavy atom. The van der Waals surface area contributed by atoms with Gasteiger partial charge < -0.3 is 13.9 Å². The van der Waals surface area contributed by atoms with Crippen molar-refractivity contribution in [3.8, 4) is 11.3 Å². The zero-order valence-electron chi connectivity index (χ0n) is 18.6. The summed E-state index contributed by atoms with van der Waals surface area (Å²) in [5.74, 6) is 0.0836. The first-order valence-corrected chi connectivity index (χ1v) is 10.9. The van der Waals surface area contributed by atoms with Gasteiger partial charge in [0.05, 0.1) is 35.9 Å². The molecule has 4 rings (SSSR count). The molecule has 0 aliphatic carbocycles. The summed E-state index contributed by atoms with van der Waals surface area (Å²) in [6, 6.07) is 17.0. The molecule has 1 aliphatic rings. The minimum Gasteiger partial charge on any atom is -0.465 e. The van der Waals surface area contributed by atoms with Crippen LogP contribution in [0.15, 0.2) is 75.0 Å². The van der Waals surface area contributed by atoms with Gasteiger partial charge in [0.1, 0.15) is 11.5 Å². The molecule has 1 amide bonds. The highest BCUT2D eigenvalue weighted by Gasteiger charge is 2.30. The molecule has 34 heavy (non-hydrogen) atoms. The molecular weight excluding hydrogens is 456 g/mol. The molecule has 3 aromatic rings. The number of furan rings is 1. The third kappa shape index (κ3) is 4.79. The van der Waals surface area contributed by atoms with Crippen molar-refractivity contribution in [3.63, 3.8) is 0 Å². The van der Waals surface area contributed by atoms with E-state index in [0.717, 1.165) is 5.56 Å². The largest absolute Gasteiger partial charge is 0.465 e. The molecule has 172 valence electrons. The predicted molar refractivity (Wildman–Crippen MR) is 129 cm³/mol. The molecule has 0 spiro atoms. The Bertz CT molecular complexity index is 1310. The molecule has 0 radical (unpaired) electrons. The third-order valence-corrected chi connectivity index (χ3v) is 6.07. The lowest BCUT2D eigenvalue weighted by atomic mass is 10.1. The van der Waals surface area contributed by atoms with Gasteiger partial charge in [-0.2, -0.15) is 0 Å².